The number of allylic oxidation sites excluding steroid dienone is 3. The van der Waals surface area contributed by atoms with Gasteiger partial charge in [-0.15, -0.1) is 0 Å². The van der Waals surface area contributed by atoms with Crippen molar-refractivity contribution in [3.05, 3.63) is 113 Å². The van der Waals surface area contributed by atoms with E-state index in [1.165, 1.54) is 16.7 Å². The molecule has 0 spiro atoms. The maximum absolute atomic E-state index is 13.5. The third-order valence-electron chi connectivity index (χ3n) is 15.4. The van der Waals surface area contributed by atoms with Crippen LogP contribution in [-0.2, 0) is 62.0 Å². The summed E-state index contributed by atoms with van der Waals surface area (Å²) < 4.78 is 132. The van der Waals surface area contributed by atoms with Crippen molar-refractivity contribution in [1.82, 2.24) is 29.4 Å². The summed E-state index contributed by atoms with van der Waals surface area (Å²) in [6.45, 7) is 9.28. The van der Waals surface area contributed by atoms with Gasteiger partial charge in [-0.3, -0.25) is 23.0 Å². The van der Waals surface area contributed by atoms with E-state index in [2.05, 4.69) is 57.2 Å². The summed E-state index contributed by atoms with van der Waals surface area (Å²) in [6, 6.07) is 20.0. The number of nitrogen functional groups attached to an aromatic ring is 1. The van der Waals surface area contributed by atoms with Crippen LogP contribution in [0, 0.1) is 6.92 Å². The molecule has 3 unspecified atom stereocenters. The standard InChI is InChI=1S/C55H72N9O21P3S2/c1-5-62(6-2)37-22-24-40-39(35(3)50(82-43(40)31-37)36-17-10-9-11-18-36)19-14-20-45-55(4,41-32-38(90(78,79)80)23-25-42(41)63(45)29-16-30-89(75,76)77)26-15-21-46(65)57-27-12-7-8-13-28-58-54-61-47-51(56)59-34-60-52(47)64(54)53-49(67)48(66)44(83-53)33-81-87(71,72)85-88(73,74)84-86(68,69)70/h9-11,14,17-20,22-25,31-32,34,44,48-49,53,66-67H,5-8,12-13,15-16,21,26-30,33H2,1-4H3,(H9-,56,57,58,59,60,61,65,68,69,70,71,72,73,74,75,76,77,78,79,80)/p+1/t44-,48-,49-,53-,55?/m1/s1. The number of nitrogens with one attached hydrogen (secondary N) is 2. The lowest BCUT2D eigenvalue weighted by Gasteiger charge is -2.30. The van der Waals surface area contributed by atoms with Crippen LogP contribution in [0.5, 0.6) is 0 Å². The van der Waals surface area contributed by atoms with E-state index in [0.717, 1.165) is 47.0 Å². The van der Waals surface area contributed by atoms with Crippen LogP contribution in [0.2, 0.25) is 0 Å². The zero-order valence-electron chi connectivity index (χ0n) is 49.4. The van der Waals surface area contributed by atoms with Crippen LogP contribution in [0.4, 0.5) is 17.5 Å². The van der Waals surface area contributed by atoms with Gasteiger partial charge >= 0.3 is 23.5 Å². The zero-order chi connectivity index (χ0) is 65.6. The van der Waals surface area contributed by atoms with Gasteiger partial charge in [0.05, 0.1) is 23.3 Å². The van der Waals surface area contributed by atoms with Crippen molar-refractivity contribution in [1.29, 1.82) is 0 Å². The molecule has 0 saturated carbocycles. The number of aromatic nitrogens is 4. The predicted molar refractivity (Wildman–Crippen MR) is 330 cm³/mol. The highest BCUT2D eigenvalue weighted by Gasteiger charge is 2.48. The van der Waals surface area contributed by atoms with Crippen LogP contribution in [0.25, 0.3) is 39.9 Å². The number of rotatable bonds is 30. The van der Waals surface area contributed by atoms with Crippen LogP contribution >= 0.6 is 23.5 Å². The number of nitrogens with zero attached hydrogens (tertiary/aromatic N) is 6. The molecule has 1 saturated heterocycles. The summed E-state index contributed by atoms with van der Waals surface area (Å²) >= 11 is 0. The minimum absolute atomic E-state index is 0.000318. The lowest BCUT2D eigenvalue weighted by molar-refractivity contribution is -0.121. The number of hydrogen-bond acceptors (Lipinski definition) is 21. The van der Waals surface area contributed by atoms with E-state index >= 15 is 0 Å². The quantitative estimate of drug-likeness (QED) is 0.0106. The number of amides is 1. The molecule has 35 heteroatoms. The van der Waals surface area contributed by atoms with Gasteiger partial charge < -0.3 is 60.2 Å². The number of phosphoric acid groups is 3. The van der Waals surface area contributed by atoms with Gasteiger partial charge in [0.15, 0.2) is 23.2 Å². The number of phosphoric ester groups is 1. The first kappa shape index (κ1) is 69.8. The van der Waals surface area contributed by atoms with Crippen LogP contribution in [0.1, 0.15) is 95.1 Å². The molecular formula is C55H73N9O21P3S2+. The lowest BCUT2D eigenvalue weighted by Crippen LogP contribution is -2.33. The molecule has 490 valence electrons. The number of imidazole rings is 1. The fourth-order valence-electron chi connectivity index (χ4n) is 11.1. The zero-order valence-corrected chi connectivity index (χ0v) is 53.7. The van der Waals surface area contributed by atoms with Crippen LogP contribution < -0.4 is 31.2 Å². The summed E-state index contributed by atoms with van der Waals surface area (Å²) in [5.74, 6) is 0.557. The van der Waals surface area contributed by atoms with Crippen LogP contribution in [0.15, 0.2) is 100 Å². The number of aliphatic hydroxyl groups excluding tert-OH is 2. The number of unbranched alkanes of at least 4 members (excludes halogenated alkanes) is 3. The molecular weight excluding hydrogens is 1280 g/mol. The Morgan fingerprint density at radius 2 is 1.59 bits per heavy atom. The van der Waals surface area contributed by atoms with E-state index in [0.29, 0.717) is 73.5 Å². The number of benzene rings is 3. The molecule has 90 heavy (non-hydrogen) atoms. The third kappa shape index (κ3) is 17.1. The van der Waals surface area contributed by atoms with E-state index in [9.17, 15) is 64.4 Å². The Bertz CT molecular complexity index is 4090. The molecule has 4 aliphatic rings. The summed E-state index contributed by atoms with van der Waals surface area (Å²) in [7, 11) is -26.2. The van der Waals surface area contributed by atoms with Gasteiger partial charge in [0, 0.05) is 65.6 Å². The van der Waals surface area contributed by atoms with Crippen LogP contribution in [-0.4, -0.2) is 145 Å². The minimum Gasteiger partial charge on any atom is -0.456 e. The van der Waals surface area contributed by atoms with Crippen molar-refractivity contribution >= 4 is 84.3 Å². The largest absolute Gasteiger partial charge is 0.490 e. The molecule has 1 fully saturated rings. The number of carbonyl (C=O) groups excluding carboxylic acids is 1. The van der Waals surface area contributed by atoms with E-state index in [1.807, 2.05) is 85.5 Å². The van der Waals surface area contributed by atoms with Crippen molar-refractivity contribution in [3.8, 4) is 22.6 Å². The first-order valence-electron chi connectivity index (χ1n) is 28.6. The molecule has 8 rings (SSSR count). The summed E-state index contributed by atoms with van der Waals surface area (Å²) in [6.07, 6.45) is 3.29. The molecule has 5 heterocycles. The van der Waals surface area contributed by atoms with Crippen molar-refractivity contribution in [2.45, 2.75) is 114 Å². The van der Waals surface area contributed by atoms with Gasteiger partial charge in [0.1, 0.15) is 49.2 Å². The second kappa shape index (κ2) is 28.8. The first-order chi connectivity index (χ1) is 42.3. The van der Waals surface area contributed by atoms with E-state index in [-0.39, 0.29) is 59.7 Å². The Morgan fingerprint density at radius 3 is 2.27 bits per heavy atom. The number of anilines is 3. The third-order valence-corrected chi connectivity index (χ3v) is 20.8. The molecule has 3 aliphatic heterocycles. The van der Waals surface area contributed by atoms with Gasteiger partial charge in [-0.25, -0.2) is 33.2 Å². The van der Waals surface area contributed by atoms with E-state index in [4.69, 9.17) is 24.7 Å². The molecule has 1 amide bonds. The highest BCUT2D eigenvalue weighted by atomic mass is 32.2. The normalized spacial score (nSPS) is 20.7. The summed E-state index contributed by atoms with van der Waals surface area (Å²) in [4.78, 5) is 64.7. The number of hydrogen-bond donors (Lipinski definition) is 11. The van der Waals surface area contributed by atoms with Crippen molar-refractivity contribution in [3.63, 3.8) is 0 Å². The number of fused-ring (bicyclic) bond motifs is 3. The van der Waals surface area contributed by atoms with E-state index in [1.54, 1.807) is 6.07 Å². The fraction of sp³-hybridized carbons (Fsp3) is 0.436. The summed E-state index contributed by atoms with van der Waals surface area (Å²) in [5, 5.41) is 29.0. The maximum Gasteiger partial charge on any atom is 0.490 e. The average Bonchev–Trinajstić information content (AvgIpc) is 1.62. The minimum atomic E-state index is -5.85. The van der Waals surface area contributed by atoms with Gasteiger partial charge in [-0.05, 0) is 101 Å². The highest BCUT2D eigenvalue weighted by molar-refractivity contribution is 7.86. The van der Waals surface area contributed by atoms with Gasteiger partial charge in [-0.1, -0.05) is 55.3 Å². The maximum atomic E-state index is 13.5. The van der Waals surface area contributed by atoms with Gasteiger partial charge in [-0.2, -0.15) is 25.5 Å². The molecule has 0 radical (unpaired) electrons. The highest BCUT2D eigenvalue weighted by Crippen LogP contribution is 2.66. The molecule has 30 nitrogen and oxygen atoms in total. The van der Waals surface area contributed by atoms with Gasteiger partial charge in [0.25, 0.3) is 20.2 Å². The Balaban J connectivity index is 0.922. The molecule has 2 aromatic carbocycles. The number of aliphatic hydroxyl groups is 2. The topological polar surface area (TPSA) is 448 Å². The molecule has 7 atom stereocenters. The number of carbonyl (C=O) groups is 1. The smallest absolute Gasteiger partial charge is 0.456 e. The number of ether oxygens (including phenoxy) is 1. The van der Waals surface area contributed by atoms with Crippen molar-refractivity contribution in [2.75, 3.05) is 61.0 Å². The Labute approximate surface area is 518 Å². The molecule has 1 aliphatic carbocycles. The van der Waals surface area contributed by atoms with Gasteiger partial charge in [0.2, 0.25) is 17.2 Å². The fourth-order valence-corrected chi connectivity index (χ4v) is 15.1. The second-order valence-corrected chi connectivity index (χ2v) is 29.0. The molecule has 4 aromatic rings. The predicted octanol–water partition coefficient (Wildman–Crippen LogP) is 6.01. The summed E-state index contributed by atoms with van der Waals surface area (Å²) in [5.41, 5.74) is 10.4. The van der Waals surface area contributed by atoms with E-state index < -0.39 is 86.0 Å². The molecule has 12 N–H and O–H groups in total. The van der Waals surface area contributed by atoms with Crippen molar-refractivity contribution in [2.24, 2.45) is 0 Å². The first-order valence-corrected chi connectivity index (χ1v) is 36.1. The Hall–Kier alpha value is -6.12. The Morgan fingerprint density at radius 1 is 0.878 bits per heavy atom. The SMILES string of the molecule is CC[N+](CC)=c1ccc2c(/C=C/C=C3\N(CCCS(=O)(=O)O)c4ccc(S(=O)(=O)O)cc4C3(C)CCCC(=O)NCCCCCCNc3nc4c(N)ncnc4n3[C@@H]3O[C@H](COP(=O)(O)OP(=O)(O)OP(=O)(O)O)[C@@H](O)[C@H]3O)c(C)c(-c3ccccc3)oc-2c1. The molecule has 2 aromatic heterocycles. The second-order valence-electron chi connectivity index (χ2n) is 21.6. The average molecular weight is 1350 g/mol. The lowest BCUT2D eigenvalue weighted by atomic mass is 9.77. The Kier molecular flexibility index (Phi) is 22.3. The number of nitrogens with two attached hydrogens (primary N) is 1. The van der Waals surface area contributed by atoms with Crippen molar-refractivity contribution < 1.29 is 96.5 Å². The monoisotopic (exact) mass is 1350 g/mol. The molecule has 0 bridgehead atoms. The van der Waals surface area contributed by atoms with Crippen LogP contribution in [0.3, 0.4) is 0 Å².